The fraction of sp³-hybridized carbons (Fsp3) is 0.250. The molecule has 1 aliphatic heterocycles. The molecule has 0 radical (unpaired) electrons. The zero-order chi connectivity index (χ0) is 17.2. The maximum atomic E-state index is 13.4. The zero-order valence-corrected chi connectivity index (χ0v) is 13.7. The Hall–Kier alpha value is -2.50. The molecule has 128 valence electrons. The van der Waals surface area contributed by atoms with E-state index in [1.807, 2.05) is 18.2 Å². The number of aromatic hydroxyl groups is 1. The van der Waals surface area contributed by atoms with Gasteiger partial charge in [0.15, 0.2) is 0 Å². The average molecular weight is 338 g/mol. The van der Waals surface area contributed by atoms with E-state index in [1.165, 1.54) is 12.1 Å². The van der Waals surface area contributed by atoms with Gasteiger partial charge in [0, 0.05) is 41.8 Å². The second-order valence-electron chi connectivity index (χ2n) is 6.20. The van der Waals surface area contributed by atoms with Crippen LogP contribution in [-0.4, -0.2) is 41.3 Å². The Balaban J connectivity index is 1.85. The van der Waals surface area contributed by atoms with Gasteiger partial charge in [-0.1, -0.05) is 24.3 Å². The minimum absolute atomic E-state index is 0.151. The van der Waals surface area contributed by atoms with Gasteiger partial charge >= 0.3 is 0 Å². The lowest BCUT2D eigenvalue weighted by atomic mass is 9.93. The highest BCUT2D eigenvalue weighted by atomic mass is 19.1. The smallest absolute Gasteiger partial charge is 0.128 e. The summed E-state index contributed by atoms with van der Waals surface area (Å²) in [6.07, 6.45) is 3.41. The van der Waals surface area contributed by atoms with E-state index in [9.17, 15) is 9.50 Å². The Kier molecular flexibility index (Phi) is 4.34. The second-order valence-corrected chi connectivity index (χ2v) is 6.20. The average Bonchev–Trinajstić information content (AvgIpc) is 2.66. The Morgan fingerprint density at radius 1 is 1.04 bits per heavy atom. The van der Waals surface area contributed by atoms with E-state index in [-0.39, 0.29) is 17.6 Å². The van der Waals surface area contributed by atoms with Crippen LogP contribution in [0.5, 0.6) is 5.75 Å². The maximum Gasteiger partial charge on any atom is 0.128 e. The van der Waals surface area contributed by atoms with Crippen LogP contribution >= 0.6 is 0 Å². The van der Waals surface area contributed by atoms with E-state index >= 15 is 0 Å². The molecule has 1 atom stereocenters. The number of phenols is 1. The van der Waals surface area contributed by atoms with Crippen LogP contribution in [0.25, 0.3) is 10.8 Å². The summed E-state index contributed by atoms with van der Waals surface area (Å²) in [4.78, 5) is 6.37. The molecule has 2 heterocycles. The van der Waals surface area contributed by atoms with Crippen molar-refractivity contribution in [1.82, 2.24) is 9.88 Å². The standard InChI is InChI=1S/C20H19FN2O2/c21-16-4-1-14(2-5-16)19(23-9-11-25-12-10-23)18-6-3-15-13-22-8-7-17(15)20(18)24/h1-8,13,19,24H,9-12H2. The number of phenolic OH excluding ortho intramolecular Hbond substituents is 1. The van der Waals surface area contributed by atoms with Crippen LogP contribution in [0.2, 0.25) is 0 Å². The van der Waals surface area contributed by atoms with Crippen molar-refractivity contribution in [2.75, 3.05) is 26.3 Å². The molecule has 4 nitrogen and oxygen atoms in total. The predicted octanol–water partition coefficient (Wildman–Crippen LogP) is 3.50. The summed E-state index contributed by atoms with van der Waals surface area (Å²) in [7, 11) is 0. The van der Waals surface area contributed by atoms with Gasteiger partial charge < -0.3 is 9.84 Å². The summed E-state index contributed by atoms with van der Waals surface area (Å²) in [5.74, 6) is -0.0148. The van der Waals surface area contributed by atoms with E-state index in [2.05, 4.69) is 9.88 Å². The summed E-state index contributed by atoms with van der Waals surface area (Å²) in [5, 5.41) is 12.6. The number of pyridine rings is 1. The van der Waals surface area contributed by atoms with Gasteiger partial charge in [0.05, 0.1) is 19.3 Å². The number of nitrogens with zero attached hydrogens (tertiary/aromatic N) is 2. The van der Waals surface area contributed by atoms with Gasteiger partial charge in [0.1, 0.15) is 11.6 Å². The quantitative estimate of drug-likeness (QED) is 0.794. The van der Waals surface area contributed by atoms with Gasteiger partial charge in [-0.15, -0.1) is 0 Å². The lowest BCUT2D eigenvalue weighted by Crippen LogP contribution is -2.39. The Morgan fingerprint density at radius 3 is 2.56 bits per heavy atom. The third-order valence-electron chi connectivity index (χ3n) is 4.71. The summed E-state index contributed by atoms with van der Waals surface area (Å²) in [6, 6.07) is 12.1. The molecule has 0 bridgehead atoms. The molecule has 0 saturated carbocycles. The van der Waals surface area contributed by atoms with Gasteiger partial charge in [0.25, 0.3) is 0 Å². The van der Waals surface area contributed by atoms with Crippen LogP contribution in [0.1, 0.15) is 17.2 Å². The fourth-order valence-electron chi connectivity index (χ4n) is 3.46. The first kappa shape index (κ1) is 16.0. The third kappa shape index (κ3) is 3.08. The molecule has 3 aromatic rings. The minimum Gasteiger partial charge on any atom is -0.507 e. The molecule has 1 fully saturated rings. The summed E-state index contributed by atoms with van der Waals surface area (Å²) < 4.78 is 18.9. The largest absolute Gasteiger partial charge is 0.507 e. The molecular formula is C20H19FN2O2. The summed E-state index contributed by atoms with van der Waals surface area (Å²) in [5.41, 5.74) is 1.76. The van der Waals surface area contributed by atoms with Crippen LogP contribution in [0.4, 0.5) is 4.39 Å². The highest BCUT2D eigenvalue weighted by molar-refractivity contribution is 5.88. The van der Waals surface area contributed by atoms with Crippen molar-refractivity contribution >= 4 is 10.8 Å². The highest BCUT2D eigenvalue weighted by Gasteiger charge is 2.27. The molecule has 1 aromatic heterocycles. The van der Waals surface area contributed by atoms with Crippen molar-refractivity contribution in [2.45, 2.75) is 6.04 Å². The van der Waals surface area contributed by atoms with Gasteiger partial charge in [-0.2, -0.15) is 0 Å². The van der Waals surface area contributed by atoms with E-state index in [1.54, 1.807) is 24.5 Å². The Bertz CT molecular complexity index is 877. The van der Waals surface area contributed by atoms with Gasteiger partial charge in [0.2, 0.25) is 0 Å². The van der Waals surface area contributed by atoms with Crippen molar-refractivity contribution in [3.63, 3.8) is 0 Å². The SMILES string of the molecule is Oc1c(C(c2ccc(F)cc2)N2CCOCC2)ccc2cnccc12. The number of hydrogen-bond donors (Lipinski definition) is 1. The third-order valence-corrected chi connectivity index (χ3v) is 4.71. The number of ether oxygens (including phenoxy) is 1. The van der Waals surface area contributed by atoms with Crippen LogP contribution in [0.3, 0.4) is 0 Å². The summed E-state index contributed by atoms with van der Waals surface area (Å²) >= 11 is 0. The van der Waals surface area contributed by atoms with Gasteiger partial charge in [-0.25, -0.2) is 4.39 Å². The van der Waals surface area contributed by atoms with Gasteiger partial charge in [-0.05, 0) is 23.8 Å². The fourth-order valence-corrected chi connectivity index (χ4v) is 3.46. The van der Waals surface area contributed by atoms with Crippen molar-refractivity contribution in [1.29, 1.82) is 0 Å². The number of rotatable bonds is 3. The number of hydrogen-bond acceptors (Lipinski definition) is 4. The number of morpholine rings is 1. The number of fused-ring (bicyclic) bond motifs is 1. The second kappa shape index (κ2) is 6.78. The molecule has 4 rings (SSSR count). The normalized spacial score (nSPS) is 16.8. The first-order chi connectivity index (χ1) is 12.2. The monoisotopic (exact) mass is 338 g/mol. The molecule has 25 heavy (non-hydrogen) atoms. The van der Waals surface area contributed by atoms with Crippen LogP contribution in [0.15, 0.2) is 54.9 Å². The first-order valence-corrected chi connectivity index (χ1v) is 8.37. The molecule has 0 amide bonds. The van der Waals surface area contributed by atoms with Crippen LogP contribution < -0.4 is 0 Å². The maximum absolute atomic E-state index is 13.4. The molecule has 1 saturated heterocycles. The first-order valence-electron chi connectivity index (χ1n) is 8.37. The number of halogens is 1. The molecular weight excluding hydrogens is 319 g/mol. The van der Waals surface area contributed by atoms with Crippen molar-refractivity contribution in [3.8, 4) is 5.75 Å². The lowest BCUT2D eigenvalue weighted by molar-refractivity contribution is 0.0236. The van der Waals surface area contributed by atoms with E-state index in [0.717, 1.165) is 35.0 Å². The predicted molar refractivity (Wildman–Crippen MR) is 94.0 cm³/mol. The molecule has 0 aliphatic carbocycles. The molecule has 0 spiro atoms. The highest BCUT2D eigenvalue weighted by Crippen LogP contribution is 2.38. The van der Waals surface area contributed by atoms with Crippen LogP contribution in [0, 0.1) is 5.82 Å². The topological polar surface area (TPSA) is 45.6 Å². The van der Waals surface area contributed by atoms with E-state index in [4.69, 9.17) is 4.74 Å². The molecule has 1 unspecified atom stereocenters. The van der Waals surface area contributed by atoms with Gasteiger partial charge in [-0.3, -0.25) is 9.88 Å². The molecule has 1 N–H and O–H groups in total. The lowest BCUT2D eigenvalue weighted by Gasteiger charge is -2.35. The molecule has 2 aromatic carbocycles. The van der Waals surface area contributed by atoms with Crippen molar-refractivity contribution in [2.24, 2.45) is 0 Å². The van der Waals surface area contributed by atoms with Crippen molar-refractivity contribution in [3.05, 3.63) is 71.8 Å². The minimum atomic E-state index is -0.265. The Morgan fingerprint density at radius 2 is 1.80 bits per heavy atom. The van der Waals surface area contributed by atoms with Crippen molar-refractivity contribution < 1.29 is 14.2 Å². The Labute approximate surface area is 145 Å². The molecule has 5 heteroatoms. The summed E-state index contributed by atoms with van der Waals surface area (Å²) in [6.45, 7) is 2.82. The zero-order valence-electron chi connectivity index (χ0n) is 13.7. The number of benzene rings is 2. The number of aromatic nitrogens is 1. The van der Waals surface area contributed by atoms with Crippen LogP contribution in [-0.2, 0) is 4.74 Å². The van der Waals surface area contributed by atoms with E-state index < -0.39 is 0 Å². The molecule has 1 aliphatic rings. The van der Waals surface area contributed by atoms with E-state index in [0.29, 0.717) is 13.2 Å².